The molecule has 2 aliphatic rings. The van der Waals surface area contributed by atoms with Crippen LogP contribution in [0.5, 0.6) is 11.5 Å². The van der Waals surface area contributed by atoms with Crippen molar-refractivity contribution >= 4 is 23.4 Å². The van der Waals surface area contributed by atoms with Crippen molar-refractivity contribution in [1.82, 2.24) is 0 Å². The number of anilines is 1. The Morgan fingerprint density at radius 3 is 2.50 bits per heavy atom. The van der Waals surface area contributed by atoms with E-state index in [2.05, 4.69) is 6.58 Å². The number of thioether (sulfide) groups is 1. The van der Waals surface area contributed by atoms with E-state index in [-0.39, 0.29) is 11.3 Å². The van der Waals surface area contributed by atoms with Crippen molar-refractivity contribution in [3.63, 3.8) is 0 Å². The van der Waals surface area contributed by atoms with Crippen LogP contribution in [0.3, 0.4) is 0 Å². The minimum atomic E-state index is -0.174. The molecule has 2 aromatic carbocycles. The first kappa shape index (κ1) is 14.9. The van der Waals surface area contributed by atoms with Crippen LogP contribution in [-0.4, -0.2) is 5.91 Å². The smallest absolute Gasteiger partial charge is 0.265 e. The third-order valence-electron chi connectivity index (χ3n) is 3.96. The summed E-state index contributed by atoms with van der Waals surface area (Å²) in [6.45, 7) is 5.92. The summed E-state index contributed by atoms with van der Waals surface area (Å²) in [5.74, 6) is 1.24. The molecule has 1 unspecified atom stereocenters. The Hall–Kier alpha value is -2.66. The van der Waals surface area contributed by atoms with Gasteiger partial charge in [0.05, 0.1) is 4.91 Å². The second kappa shape index (κ2) is 5.76. The zero-order valence-electron chi connectivity index (χ0n) is 13.1. The van der Waals surface area contributed by atoms with Gasteiger partial charge in [-0.3, -0.25) is 9.69 Å². The van der Waals surface area contributed by atoms with Crippen LogP contribution >= 0.6 is 11.8 Å². The van der Waals surface area contributed by atoms with Gasteiger partial charge in [0, 0.05) is 5.69 Å². The summed E-state index contributed by atoms with van der Waals surface area (Å²) >= 11 is 1.45. The first-order valence-corrected chi connectivity index (χ1v) is 8.39. The van der Waals surface area contributed by atoms with E-state index in [0.717, 1.165) is 16.8 Å². The Morgan fingerprint density at radius 2 is 1.75 bits per heavy atom. The van der Waals surface area contributed by atoms with Crippen LogP contribution in [0.2, 0.25) is 0 Å². The largest absolute Gasteiger partial charge is 0.458 e. The number of fused-ring (bicyclic) bond motifs is 1. The number of hydrogen-bond donors (Lipinski definition) is 0. The highest BCUT2D eigenvalue weighted by atomic mass is 32.2. The fourth-order valence-corrected chi connectivity index (χ4v) is 3.80. The average molecular weight is 337 g/mol. The van der Waals surface area contributed by atoms with Gasteiger partial charge in [0.25, 0.3) is 5.91 Å². The quantitative estimate of drug-likeness (QED) is 0.755. The maximum absolute atomic E-state index is 12.6. The van der Waals surface area contributed by atoms with E-state index in [1.165, 1.54) is 24.3 Å². The number of nitrogens with zero attached hydrogens (tertiary/aromatic N) is 1. The van der Waals surface area contributed by atoms with Crippen molar-refractivity contribution in [3.05, 3.63) is 77.6 Å². The van der Waals surface area contributed by atoms with Gasteiger partial charge in [-0.05, 0) is 36.8 Å². The number of ether oxygens (including phenoxy) is 2. The Morgan fingerprint density at radius 1 is 1.04 bits per heavy atom. The zero-order chi connectivity index (χ0) is 16.7. The van der Waals surface area contributed by atoms with Gasteiger partial charge in [-0.15, -0.1) is 0 Å². The van der Waals surface area contributed by atoms with Gasteiger partial charge < -0.3 is 9.47 Å². The van der Waals surface area contributed by atoms with Gasteiger partial charge in [-0.25, -0.2) is 0 Å². The van der Waals surface area contributed by atoms with Gasteiger partial charge >= 0.3 is 0 Å². The molecule has 0 N–H and O–H groups in total. The third kappa shape index (κ3) is 2.47. The molecular formula is C19H15NO3S. The molecule has 120 valence electrons. The maximum Gasteiger partial charge on any atom is 0.265 e. The van der Waals surface area contributed by atoms with Gasteiger partial charge in [-0.1, -0.05) is 42.1 Å². The van der Waals surface area contributed by atoms with Gasteiger partial charge in [0.1, 0.15) is 17.9 Å². The van der Waals surface area contributed by atoms with E-state index in [9.17, 15) is 4.79 Å². The van der Waals surface area contributed by atoms with E-state index in [0.29, 0.717) is 16.4 Å². The summed E-state index contributed by atoms with van der Waals surface area (Å²) in [7, 11) is 0. The molecule has 2 aliphatic heterocycles. The Balaban J connectivity index is 1.74. The van der Waals surface area contributed by atoms with Crippen LogP contribution in [0.1, 0.15) is 16.5 Å². The van der Waals surface area contributed by atoms with Crippen LogP contribution in [0, 0.1) is 6.92 Å². The average Bonchev–Trinajstić information content (AvgIpc) is 2.90. The summed E-state index contributed by atoms with van der Waals surface area (Å²) in [4.78, 5) is 14.9. The normalized spacial score (nSPS) is 19.0. The van der Waals surface area contributed by atoms with Crippen molar-refractivity contribution in [2.75, 3.05) is 4.90 Å². The molecule has 1 saturated heterocycles. The fraction of sp³-hybridized carbons (Fsp3) is 0.105. The lowest BCUT2D eigenvalue weighted by atomic mass is 10.1. The Kier molecular flexibility index (Phi) is 3.58. The molecular weight excluding hydrogens is 322 g/mol. The number of benzene rings is 2. The van der Waals surface area contributed by atoms with E-state index in [1.807, 2.05) is 49.4 Å². The van der Waals surface area contributed by atoms with Gasteiger partial charge in [0.15, 0.2) is 11.5 Å². The predicted octanol–water partition coefficient (Wildman–Crippen LogP) is 4.53. The van der Waals surface area contributed by atoms with Gasteiger partial charge in [0.2, 0.25) is 0 Å². The molecule has 1 fully saturated rings. The fourth-order valence-electron chi connectivity index (χ4n) is 2.72. The lowest BCUT2D eigenvalue weighted by Crippen LogP contribution is -2.27. The molecule has 0 radical (unpaired) electrons. The molecule has 5 heteroatoms. The molecule has 0 aromatic heterocycles. The summed E-state index contributed by atoms with van der Waals surface area (Å²) < 4.78 is 10.9. The molecule has 1 amide bonds. The van der Waals surface area contributed by atoms with Crippen molar-refractivity contribution in [2.24, 2.45) is 0 Å². The lowest BCUT2D eigenvalue weighted by Gasteiger charge is -2.25. The van der Waals surface area contributed by atoms with Gasteiger partial charge in [-0.2, -0.15) is 0 Å². The molecule has 4 nitrogen and oxygen atoms in total. The molecule has 0 aliphatic carbocycles. The van der Waals surface area contributed by atoms with Crippen LogP contribution < -0.4 is 14.4 Å². The van der Waals surface area contributed by atoms with E-state index >= 15 is 0 Å². The van der Waals surface area contributed by atoms with Crippen LogP contribution in [-0.2, 0) is 4.79 Å². The van der Waals surface area contributed by atoms with Crippen LogP contribution in [0.4, 0.5) is 5.69 Å². The van der Waals surface area contributed by atoms with Crippen molar-refractivity contribution in [3.8, 4) is 11.5 Å². The molecule has 2 heterocycles. The molecule has 2 aromatic rings. The minimum Gasteiger partial charge on any atom is -0.458 e. The summed E-state index contributed by atoms with van der Waals surface area (Å²) in [6.07, 6.45) is 2.99. The first-order chi connectivity index (χ1) is 11.6. The third-order valence-corrected chi connectivity index (χ3v) is 5.12. The Bertz CT molecular complexity index is 857. The Labute approximate surface area is 144 Å². The summed E-state index contributed by atoms with van der Waals surface area (Å²) in [5.41, 5.74) is 2.97. The second-order valence-electron chi connectivity index (χ2n) is 5.62. The van der Waals surface area contributed by atoms with Crippen molar-refractivity contribution in [1.29, 1.82) is 0 Å². The SMILES string of the molecule is C=C1SC(c2ccc3c(c2)OC=CO3)N(c2ccc(C)cc2)C1=O. The monoisotopic (exact) mass is 337 g/mol. The first-order valence-electron chi connectivity index (χ1n) is 7.51. The van der Waals surface area contributed by atoms with E-state index < -0.39 is 0 Å². The van der Waals surface area contributed by atoms with Crippen molar-refractivity contribution < 1.29 is 14.3 Å². The summed E-state index contributed by atoms with van der Waals surface area (Å²) in [6, 6.07) is 13.6. The molecule has 4 rings (SSSR count). The highest BCUT2D eigenvalue weighted by molar-refractivity contribution is 8.05. The number of aryl methyl sites for hydroxylation is 1. The standard InChI is InChI=1S/C19H15NO3S/c1-12-3-6-15(7-4-12)20-18(21)13(2)24-19(20)14-5-8-16-17(11-14)23-10-9-22-16/h3-11,19H,2H2,1H3. The number of carbonyl (C=O) groups excluding carboxylic acids is 1. The zero-order valence-corrected chi connectivity index (χ0v) is 13.9. The second-order valence-corrected chi connectivity index (χ2v) is 6.79. The molecule has 0 bridgehead atoms. The minimum absolute atomic E-state index is 0.0661. The lowest BCUT2D eigenvalue weighted by molar-refractivity contribution is -0.114. The highest BCUT2D eigenvalue weighted by Gasteiger charge is 2.37. The number of hydrogen-bond acceptors (Lipinski definition) is 4. The van der Waals surface area contributed by atoms with Crippen LogP contribution in [0.25, 0.3) is 0 Å². The highest BCUT2D eigenvalue weighted by Crippen LogP contribution is 2.48. The molecule has 1 atom stereocenters. The molecule has 0 spiro atoms. The van der Waals surface area contributed by atoms with E-state index in [4.69, 9.17) is 9.47 Å². The molecule has 24 heavy (non-hydrogen) atoms. The maximum atomic E-state index is 12.6. The predicted molar refractivity (Wildman–Crippen MR) is 95.0 cm³/mol. The number of amides is 1. The van der Waals surface area contributed by atoms with E-state index in [1.54, 1.807) is 4.90 Å². The van der Waals surface area contributed by atoms with Crippen molar-refractivity contribution in [2.45, 2.75) is 12.3 Å². The molecule has 0 saturated carbocycles. The number of carbonyl (C=O) groups is 1. The topological polar surface area (TPSA) is 38.8 Å². The number of rotatable bonds is 2. The van der Waals surface area contributed by atoms with Crippen LogP contribution in [0.15, 0.2) is 66.5 Å². The summed E-state index contributed by atoms with van der Waals surface area (Å²) in [5, 5.41) is -0.174.